The van der Waals surface area contributed by atoms with Gasteiger partial charge in [-0.1, -0.05) is 12.5 Å². The fourth-order valence-corrected chi connectivity index (χ4v) is 2.76. The van der Waals surface area contributed by atoms with Crippen LogP contribution < -0.4 is 10.6 Å². The number of carbonyl (C=O) groups excluding carboxylic acids is 1. The van der Waals surface area contributed by atoms with Crippen molar-refractivity contribution < 1.29 is 14.7 Å². The van der Waals surface area contributed by atoms with Crippen molar-refractivity contribution in [2.45, 2.75) is 45.2 Å². The molecule has 0 aliphatic heterocycles. The third-order valence-corrected chi connectivity index (χ3v) is 4.23. The van der Waals surface area contributed by atoms with Crippen LogP contribution in [0.5, 0.6) is 0 Å². The molecule has 21 heavy (non-hydrogen) atoms. The van der Waals surface area contributed by atoms with Gasteiger partial charge in [-0.3, -0.25) is 9.78 Å². The van der Waals surface area contributed by atoms with Crippen molar-refractivity contribution in [2.24, 2.45) is 5.41 Å². The van der Waals surface area contributed by atoms with Crippen LogP contribution in [0.1, 0.15) is 44.8 Å². The summed E-state index contributed by atoms with van der Waals surface area (Å²) >= 11 is 0. The Kier molecular flexibility index (Phi) is 4.45. The van der Waals surface area contributed by atoms with Crippen LogP contribution >= 0.6 is 0 Å². The van der Waals surface area contributed by atoms with Crippen LogP contribution in [0.3, 0.4) is 0 Å². The number of aliphatic carboxylic acids is 1. The lowest BCUT2D eigenvalue weighted by molar-refractivity contribution is -0.148. The maximum Gasteiger partial charge on any atom is 0.315 e. The van der Waals surface area contributed by atoms with Crippen LogP contribution in [0, 0.1) is 5.41 Å². The predicted octanol–water partition coefficient (Wildman–Crippen LogP) is 2.09. The average molecular weight is 291 g/mol. The Morgan fingerprint density at radius 2 is 2.24 bits per heavy atom. The molecule has 2 amide bonds. The number of rotatable bonds is 4. The molecule has 2 rings (SSSR count). The lowest BCUT2D eigenvalue weighted by Crippen LogP contribution is -2.50. The Morgan fingerprint density at radius 1 is 1.48 bits per heavy atom. The van der Waals surface area contributed by atoms with E-state index in [-0.39, 0.29) is 18.1 Å². The van der Waals surface area contributed by atoms with E-state index in [1.807, 2.05) is 25.1 Å². The van der Waals surface area contributed by atoms with E-state index in [1.165, 1.54) is 0 Å². The molecule has 0 aromatic carbocycles. The number of amides is 2. The summed E-state index contributed by atoms with van der Waals surface area (Å²) in [6.07, 6.45) is 3.75. The zero-order valence-corrected chi connectivity index (χ0v) is 12.3. The zero-order chi connectivity index (χ0) is 15.5. The van der Waals surface area contributed by atoms with Gasteiger partial charge in [0.05, 0.1) is 17.2 Å². The van der Waals surface area contributed by atoms with Gasteiger partial charge in [-0.05, 0) is 38.8 Å². The zero-order valence-electron chi connectivity index (χ0n) is 12.3. The quantitative estimate of drug-likeness (QED) is 0.792. The monoisotopic (exact) mass is 291 g/mol. The number of urea groups is 1. The normalized spacial score (nSPS) is 26.1. The van der Waals surface area contributed by atoms with Crippen LogP contribution in [0.15, 0.2) is 24.4 Å². The second-order valence-corrected chi connectivity index (χ2v) is 5.76. The average Bonchev–Trinajstić information content (AvgIpc) is 2.82. The Labute approximate surface area is 124 Å². The first-order chi connectivity index (χ1) is 9.93. The van der Waals surface area contributed by atoms with Crippen LogP contribution in [-0.4, -0.2) is 28.1 Å². The van der Waals surface area contributed by atoms with Crippen molar-refractivity contribution >= 4 is 12.0 Å². The van der Waals surface area contributed by atoms with Gasteiger partial charge in [0, 0.05) is 12.2 Å². The summed E-state index contributed by atoms with van der Waals surface area (Å²) in [6, 6.07) is 4.58. The molecule has 114 valence electrons. The predicted molar refractivity (Wildman–Crippen MR) is 77.7 cm³/mol. The Balaban J connectivity index is 1.94. The molecule has 1 heterocycles. The van der Waals surface area contributed by atoms with Crippen molar-refractivity contribution in [3.05, 3.63) is 30.1 Å². The summed E-state index contributed by atoms with van der Waals surface area (Å²) in [5.74, 6) is -0.858. The third kappa shape index (κ3) is 3.32. The molecule has 3 unspecified atom stereocenters. The van der Waals surface area contributed by atoms with Crippen molar-refractivity contribution in [3.63, 3.8) is 0 Å². The minimum absolute atomic E-state index is 0.233. The van der Waals surface area contributed by atoms with E-state index in [0.29, 0.717) is 12.8 Å². The fraction of sp³-hybridized carbons (Fsp3) is 0.533. The number of carboxylic acid groups (broad SMARTS) is 1. The molecule has 1 fully saturated rings. The molecule has 0 saturated heterocycles. The SMILES string of the molecule is CC(NC(=O)NC1CCCC1(C)C(=O)O)c1ccccn1. The Hall–Kier alpha value is -2.11. The summed E-state index contributed by atoms with van der Waals surface area (Å²) in [4.78, 5) is 27.6. The highest BCUT2D eigenvalue weighted by molar-refractivity contribution is 5.79. The molecule has 1 aromatic rings. The van der Waals surface area contributed by atoms with E-state index in [1.54, 1.807) is 13.1 Å². The highest BCUT2D eigenvalue weighted by Crippen LogP contribution is 2.38. The fourth-order valence-electron chi connectivity index (χ4n) is 2.76. The molecule has 0 spiro atoms. The third-order valence-electron chi connectivity index (χ3n) is 4.23. The van der Waals surface area contributed by atoms with E-state index < -0.39 is 11.4 Å². The molecule has 3 N–H and O–H groups in total. The first-order valence-electron chi connectivity index (χ1n) is 7.15. The smallest absolute Gasteiger partial charge is 0.315 e. The number of nitrogens with one attached hydrogen (secondary N) is 2. The largest absolute Gasteiger partial charge is 0.481 e. The van der Waals surface area contributed by atoms with Gasteiger partial charge in [0.15, 0.2) is 0 Å². The summed E-state index contributed by atoms with van der Waals surface area (Å²) in [5.41, 5.74) is -0.119. The molecule has 6 heteroatoms. The van der Waals surface area contributed by atoms with Crippen molar-refractivity contribution in [2.75, 3.05) is 0 Å². The van der Waals surface area contributed by atoms with Gasteiger partial charge in [0.2, 0.25) is 0 Å². The van der Waals surface area contributed by atoms with Crippen LogP contribution in [0.4, 0.5) is 4.79 Å². The van der Waals surface area contributed by atoms with E-state index in [4.69, 9.17) is 0 Å². The second kappa shape index (κ2) is 6.11. The lowest BCUT2D eigenvalue weighted by atomic mass is 9.85. The molecular formula is C15H21N3O3. The first-order valence-corrected chi connectivity index (χ1v) is 7.15. The lowest BCUT2D eigenvalue weighted by Gasteiger charge is -2.28. The molecule has 1 aromatic heterocycles. The number of carboxylic acids is 1. The minimum Gasteiger partial charge on any atom is -0.481 e. The number of pyridine rings is 1. The molecule has 1 saturated carbocycles. The number of aromatic nitrogens is 1. The van der Waals surface area contributed by atoms with Gasteiger partial charge in [-0.2, -0.15) is 0 Å². The number of carbonyl (C=O) groups is 2. The van der Waals surface area contributed by atoms with Crippen LogP contribution in [0.25, 0.3) is 0 Å². The van der Waals surface area contributed by atoms with E-state index in [2.05, 4.69) is 15.6 Å². The standard InChI is InChI=1S/C15H21N3O3/c1-10(11-6-3-4-9-16-11)17-14(21)18-12-7-5-8-15(12,2)13(19)20/h3-4,6,9-10,12H,5,7-8H2,1-2H3,(H,19,20)(H2,17,18,21). The van der Waals surface area contributed by atoms with Crippen molar-refractivity contribution in [1.82, 2.24) is 15.6 Å². The van der Waals surface area contributed by atoms with E-state index in [0.717, 1.165) is 12.1 Å². The summed E-state index contributed by atoms with van der Waals surface area (Å²) in [7, 11) is 0. The van der Waals surface area contributed by atoms with Gasteiger partial charge >= 0.3 is 12.0 Å². The first kappa shape index (κ1) is 15.3. The second-order valence-electron chi connectivity index (χ2n) is 5.76. The molecule has 1 aliphatic carbocycles. The van der Waals surface area contributed by atoms with Gasteiger partial charge in [-0.15, -0.1) is 0 Å². The van der Waals surface area contributed by atoms with Crippen molar-refractivity contribution in [1.29, 1.82) is 0 Å². The Bertz CT molecular complexity index is 520. The van der Waals surface area contributed by atoms with Gasteiger partial charge < -0.3 is 15.7 Å². The minimum atomic E-state index is -0.883. The highest BCUT2D eigenvalue weighted by atomic mass is 16.4. The van der Waals surface area contributed by atoms with Gasteiger partial charge in [0.25, 0.3) is 0 Å². The topological polar surface area (TPSA) is 91.3 Å². The molecule has 6 nitrogen and oxygen atoms in total. The molecular weight excluding hydrogens is 270 g/mol. The number of hydrogen-bond donors (Lipinski definition) is 3. The van der Waals surface area contributed by atoms with E-state index in [9.17, 15) is 14.7 Å². The van der Waals surface area contributed by atoms with Crippen LogP contribution in [-0.2, 0) is 4.79 Å². The maximum atomic E-state index is 12.1. The Morgan fingerprint density at radius 3 is 2.86 bits per heavy atom. The van der Waals surface area contributed by atoms with Gasteiger partial charge in [-0.25, -0.2) is 4.79 Å². The summed E-state index contributed by atoms with van der Waals surface area (Å²) in [5, 5.41) is 14.9. The number of nitrogens with zero attached hydrogens (tertiary/aromatic N) is 1. The highest BCUT2D eigenvalue weighted by Gasteiger charge is 2.45. The molecule has 0 radical (unpaired) electrons. The van der Waals surface area contributed by atoms with Gasteiger partial charge in [0.1, 0.15) is 0 Å². The summed E-state index contributed by atoms with van der Waals surface area (Å²) < 4.78 is 0. The molecule has 3 atom stereocenters. The van der Waals surface area contributed by atoms with Crippen LogP contribution in [0.2, 0.25) is 0 Å². The van der Waals surface area contributed by atoms with Crippen molar-refractivity contribution in [3.8, 4) is 0 Å². The number of hydrogen-bond acceptors (Lipinski definition) is 3. The van der Waals surface area contributed by atoms with E-state index >= 15 is 0 Å². The summed E-state index contributed by atoms with van der Waals surface area (Å²) in [6.45, 7) is 3.53. The molecule has 0 bridgehead atoms. The maximum absolute atomic E-state index is 12.1. The molecule has 1 aliphatic rings.